The third kappa shape index (κ3) is 6.44. The molecule has 1 aliphatic rings. The molecule has 186 valence electrons. The average Bonchev–Trinajstić information content (AvgIpc) is 3.27. The van der Waals surface area contributed by atoms with Gasteiger partial charge in [-0.15, -0.1) is 10.2 Å². The van der Waals surface area contributed by atoms with Crippen LogP contribution in [0.15, 0.2) is 59.8 Å². The molecule has 3 aromatic rings. The van der Waals surface area contributed by atoms with Crippen LogP contribution in [0.5, 0.6) is 5.75 Å². The molecule has 0 aliphatic carbocycles. The molecule has 7 nitrogen and oxygen atoms in total. The normalized spacial score (nSPS) is 16.8. The Balaban J connectivity index is 1.48. The van der Waals surface area contributed by atoms with Crippen LogP contribution in [0.1, 0.15) is 32.5 Å². The number of amides is 1. The number of para-hydroxylation sites is 1. The molecule has 0 spiro atoms. The van der Waals surface area contributed by atoms with Crippen LogP contribution in [0.3, 0.4) is 0 Å². The van der Waals surface area contributed by atoms with E-state index >= 15 is 0 Å². The van der Waals surface area contributed by atoms with Crippen molar-refractivity contribution in [3.63, 3.8) is 0 Å². The van der Waals surface area contributed by atoms with Crippen molar-refractivity contribution in [3.8, 4) is 16.9 Å². The van der Waals surface area contributed by atoms with Crippen LogP contribution in [-0.4, -0.2) is 57.6 Å². The van der Waals surface area contributed by atoms with E-state index in [0.717, 1.165) is 36.4 Å². The van der Waals surface area contributed by atoms with Crippen LogP contribution < -0.4 is 4.74 Å². The summed E-state index contributed by atoms with van der Waals surface area (Å²) in [6, 6.07) is 18.2. The van der Waals surface area contributed by atoms with Crippen molar-refractivity contribution in [1.29, 1.82) is 0 Å². The highest BCUT2D eigenvalue weighted by atomic mass is 32.2. The minimum atomic E-state index is -0.238. The molecule has 0 saturated carbocycles. The van der Waals surface area contributed by atoms with Gasteiger partial charge in [-0.25, -0.2) is 0 Å². The molecule has 1 saturated heterocycles. The number of ether oxygens (including phenoxy) is 2. The van der Waals surface area contributed by atoms with E-state index in [2.05, 4.69) is 35.3 Å². The van der Waals surface area contributed by atoms with E-state index in [1.165, 1.54) is 18.2 Å². The summed E-state index contributed by atoms with van der Waals surface area (Å²) in [6.07, 6.45) is 2.26. The van der Waals surface area contributed by atoms with Gasteiger partial charge in [0.2, 0.25) is 5.91 Å². The van der Waals surface area contributed by atoms with Crippen LogP contribution in [0, 0.1) is 5.92 Å². The van der Waals surface area contributed by atoms with E-state index in [0.29, 0.717) is 30.1 Å². The van der Waals surface area contributed by atoms with E-state index in [1.807, 2.05) is 52.8 Å². The molecule has 2 atom stereocenters. The second kappa shape index (κ2) is 12.2. The minimum Gasteiger partial charge on any atom is -0.485 e. The van der Waals surface area contributed by atoms with Gasteiger partial charge in [0, 0.05) is 32.3 Å². The first-order valence-corrected chi connectivity index (χ1v) is 13.1. The molecule has 2 heterocycles. The molecule has 2 aromatic carbocycles. The molecule has 1 amide bonds. The zero-order chi connectivity index (χ0) is 24.6. The Kier molecular flexibility index (Phi) is 8.82. The quantitative estimate of drug-likeness (QED) is 0.373. The fourth-order valence-corrected chi connectivity index (χ4v) is 5.34. The number of rotatable bonds is 10. The van der Waals surface area contributed by atoms with Crippen LogP contribution in [0.4, 0.5) is 0 Å². The number of nitrogens with zero attached hydrogens (tertiary/aromatic N) is 4. The first-order chi connectivity index (χ1) is 17.1. The molecule has 1 aromatic heterocycles. The van der Waals surface area contributed by atoms with Gasteiger partial charge in [0.1, 0.15) is 12.4 Å². The van der Waals surface area contributed by atoms with Crippen molar-refractivity contribution >= 4 is 17.7 Å². The first kappa shape index (κ1) is 25.3. The van der Waals surface area contributed by atoms with Crippen LogP contribution >= 0.6 is 11.8 Å². The molecule has 8 heteroatoms. The molecule has 0 radical (unpaired) electrons. The first-order valence-electron chi connectivity index (χ1n) is 12.2. The number of hydrogen-bond acceptors (Lipinski definition) is 6. The number of hydrogen-bond donors (Lipinski definition) is 0. The Labute approximate surface area is 211 Å². The minimum absolute atomic E-state index is 0.164. The number of aromatic nitrogens is 3. The van der Waals surface area contributed by atoms with Crippen LogP contribution in [0.25, 0.3) is 11.1 Å². The largest absolute Gasteiger partial charge is 0.485 e. The Morgan fingerprint density at radius 1 is 1.14 bits per heavy atom. The zero-order valence-electron chi connectivity index (χ0n) is 20.7. The maximum Gasteiger partial charge on any atom is 0.235 e. The Hall–Kier alpha value is -2.84. The Bertz CT molecular complexity index is 1100. The van der Waals surface area contributed by atoms with Gasteiger partial charge < -0.3 is 18.9 Å². The molecular weight excluding hydrogens is 460 g/mol. The lowest BCUT2D eigenvalue weighted by molar-refractivity contribution is -0.132. The number of likely N-dealkylation sites (tertiary alicyclic amines) is 1. The highest BCUT2D eigenvalue weighted by molar-refractivity contribution is 8.00. The van der Waals surface area contributed by atoms with Gasteiger partial charge in [-0.05, 0) is 37.3 Å². The monoisotopic (exact) mass is 494 g/mol. The second-order valence-electron chi connectivity index (χ2n) is 8.99. The predicted molar refractivity (Wildman–Crippen MR) is 138 cm³/mol. The second-order valence-corrected chi connectivity index (χ2v) is 10.3. The summed E-state index contributed by atoms with van der Waals surface area (Å²) in [7, 11) is 1.67. The standard InChI is InChI=1S/C27H34N4O3S/c1-20-10-9-15-30(18-20)26(32)21(2)35-27-29-28-25(31(27)16-17-33-3)19-34-24-14-8-7-13-23(24)22-11-5-4-6-12-22/h4-8,11-14,20-21H,9-10,15-19H2,1-3H3/t20-,21-/m1/s1. The van der Waals surface area contributed by atoms with E-state index in [1.54, 1.807) is 7.11 Å². The Morgan fingerprint density at radius 2 is 1.91 bits per heavy atom. The van der Waals surface area contributed by atoms with Gasteiger partial charge in [-0.3, -0.25) is 4.79 Å². The lowest BCUT2D eigenvalue weighted by atomic mass is 10.0. The smallest absolute Gasteiger partial charge is 0.235 e. The summed E-state index contributed by atoms with van der Waals surface area (Å²) in [5, 5.41) is 9.30. The highest BCUT2D eigenvalue weighted by Gasteiger charge is 2.27. The number of thioether (sulfide) groups is 1. The summed E-state index contributed by atoms with van der Waals surface area (Å²) in [5.74, 6) is 2.21. The summed E-state index contributed by atoms with van der Waals surface area (Å²) >= 11 is 1.45. The van der Waals surface area contributed by atoms with E-state index in [-0.39, 0.29) is 17.8 Å². The lowest BCUT2D eigenvalue weighted by Crippen LogP contribution is -2.42. The van der Waals surface area contributed by atoms with Gasteiger partial charge in [-0.2, -0.15) is 0 Å². The van der Waals surface area contributed by atoms with Gasteiger partial charge in [0.05, 0.1) is 11.9 Å². The molecular formula is C27H34N4O3S. The fourth-order valence-electron chi connectivity index (χ4n) is 4.37. The Morgan fingerprint density at radius 3 is 2.69 bits per heavy atom. The zero-order valence-corrected chi connectivity index (χ0v) is 21.5. The molecule has 4 rings (SSSR count). The highest BCUT2D eigenvalue weighted by Crippen LogP contribution is 2.31. The SMILES string of the molecule is COCCn1c(COc2ccccc2-c2ccccc2)nnc1S[C@H](C)C(=O)N1CCC[C@@H](C)C1. The molecule has 0 N–H and O–H groups in total. The number of carbonyl (C=O) groups excluding carboxylic acids is 1. The van der Waals surface area contributed by atoms with Gasteiger partial charge >= 0.3 is 0 Å². The third-order valence-corrected chi connectivity index (χ3v) is 7.31. The van der Waals surface area contributed by atoms with E-state index in [9.17, 15) is 4.79 Å². The molecule has 0 bridgehead atoms. The number of benzene rings is 2. The van der Waals surface area contributed by atoms with Gasteiger partial charge in [-0.1, -0.05) is 67.2 Å². The van der Waals surface area contributed by atoms with Crippen molar-refractivity contribution < 1.29 is 14.3 Å². The third-order valence-electron chi connectivity index (χ3n) is 6.24. The number of carbonyl (C=O) groups is 1. The van der Waals surface area contributed by atoms with Crippen molar-refractivity contribution in [2.45, 2.75) is 50.2 Å². The number of methoxy groups -OCH3 is 1. The summed E-state index contributed by atoms with van der Waals surface area (Å²) in [4.78, 5) is 15.1. The molecule has 1 aliphatic heterocycles. The summed E-state index contributed by atoms with van der Waals surface area (Å²) in [5.41, 5.74) is 2.13. The topological polar surface area (TPSA) is 69.5 Å². The van der Waals surface area contributed by atoms with E-state index < -0.39 is 0 Å². The van der Waals surface area contributed by atoms with Crippen molar-refractivity contribution in [1.82, 2.24) is 19.7 Å². The summed E-state index contributed by atoms with van der Waals surface area (Å²) < 4.78 is 13.5. The lowest BCUT2D eigenvalue weighted by Gasteiger charge is -2.32. The van der Waals surface area contributed by atoms with Crippen LogP contribution in [0.2, 0.25) is 0 Å². The molecule has 0 unspecified atom stereocenters. The van der Waals surface area contributed by atoms with Gasteiger partial charge in [0.15, 0.2) is 11.0 Å². The molecule has 1 fully saturated rings. The van der Waals surface area contributed by atoms with Crippen molar-refractivity contribution in [2.24, 2.45) is 5.92 Å². The predicted octanol–water partition coefficient (Wildman–Crippen LogP) is 4.91. The van der Waals surface area contributed by atoms with Gasteiger partial charge in [0.25, 0.3) is 0 Å². The molecule has 35 heavy (non-hydrogen) atoms. The average molecular weight is 495 g/mol. The fraction of sp³-hybridized carbons (Fsp3) is 0.444. The van der Waals surface area contributed by atoms with Crippen molar-refractivity contribution in [3.05, 3.63) is 60.4 Å². The van der Waals surface area contributed by atoms with Crippen molar-refractivity contribution in [2.75, 3.05) is 26.8 Å². The number of piperidine rings is 1. The van der Waals surface area contributed by atoms with E-state index in [4.69, 9.17) is 9.47 Å². The maximum atomic E-state index is 13.1. The van der Waals surface area contributed by atoms with Crippen LogP contribution in [-0.2, 0) is 22.7 Å². The maximum absolute atomic E-state index is 13.1. The summed E-state index contributed by atoms with van der Waals surface area (Å²) in [6.45, 7) is 7.21.